The van der Waals surface area contributed by atoms with Crippen molar-refractivity contribution in [3.8, 4) is 11.1 Å². The zero-order valence-corrected chi connectivity index (χ0v) is 9.58. The lowest BCUT2D eigenvalue weighted by Gasteiger charge is -2.04. The number of benzene rings is 1. The maximum absolute atomic E-state index is 13.2. The second-order valence-corrected chi connectivity index (χ2v) is 3.93. The molecule has 16 heavy (non-hydrogen) atoms. The van der Waals surface area contributed by atoms with Crippen LogP contribution in [0.4, 0.5) is 10.2 Å². The van der Waals surface area contributed by atoms with Gasteiger partial charge < -0.3 is 5.73 Å². The quantitative estimate of drug-likeness (QED) is 0.800. The van der Waals surface area contributed by atoms with Crippen LogP contribution in [0.25, 0.3) is 11.1 Å². The van der Waals surface area contributed by atoms with E-state index in [9.17, 15) is 4.39 Å². The van der Waals surface area contributed by atoms with Crippen LogP contribution >= 0.6 is 0 Å². The summed E-state index contributed by atoms with van der Waals surface area (Å²) in [4.78, 5) is 0. The first-order chi connectivity index (χ1) is 7.50. The van der Waals surface area contributed by atoms with Crippen LogP contribution in [0.15, 0.2) is 18.2 Å². The van der Waals surface area contributed by atoms with E-state index in [-0.39, 0.29) is 5.82 Å². The average Bonchev–Trinajstić information content (AvgIpc) is 2.47. The predicted molar refractivity (Wildman–Crippen MR) is 62.5 cm³/mol. The highest BCUT2D eigenvalue weighted by molar-refractivity contribution is 5.76. The largest absolute Gasteiger partial charge is 0.383 e. The minimum atomic E-state index is -0.205. The van der Waals surface area contributed by atoms with Crippen molar-refractivity contribution in [3.63, 3.8) is 0 Å². The summed E-state index contributed by atoms with van der Waals surface area (Å²) in [5, 5.41) is 4.24. The summed E-state index contributed by atoms with van der Waals surface area (Å²) in [5.74, 6) is 0.396. The van der Waals surface area contributed by atoms with Gasteiger partial charge in [-0.1, -0.05) is 6.07 Å². The Morgan fingerprint density at radius 3 is 2.50 bits per heavy atom. The van der Waals surface area contributed by atoms with E-state index in [4.69, 9.17) is 5.73 Å². The first kappa shape index (κ1) is 10.7. The van der Waals surface area contributed by atoms with Gasteiger partial charge in [-0.2, -0.15) is 5.10 Å². The third-order valence-corrected chi connectivity index (χ3v) is 2.71. The maximum atomic E-state index is 13.2. The monoisotopic (exact) mass is 219 g/mol. The molecule has 1 aromatic heterocycles. The van der Waals surface area contributed by atoms with Gasteiger partial charge in [0.25, 0.3) is 0 Å². The van der Waals surface area contributed by atoms with Crippen molar-refractivity contribution < 1.29 is 4.39 Å². The molecular weight excluding hydrogens is 205 g/mol. The van der Waals surface area contributed by atoms with Crippen molar-refractivity contribution in [3.05, 3.63) is 35.3 Å². The molecule has 0 aliphatic heterocycles. The van der Waals surface area contributed by atoms with Gasteiger partial charge in [-0.15, -0.1) is 0 Å². The van der Waals surface area contributed by atoms with Crippen molar-refractivity contribution in [2.75, 3.05) is 5.73 Å². The van der Waals surface area contributed by atoms with Gasteiger partial charge in [-0.05, 0) is 37.1 Å². The van der Waals surface area contributed by atoms with E-state index in [0.29, 0.717) is 11.4 Å². The van der Waals surface area contributed by atoms with Gasteiger partial charge in [-0.25, -0.2) is 4.39 Å². The molecule has 2 rings (SSSR count). The minimum Gasteiger partial charge on any atom is -0.383 e. The number of nitrogen functional groups attached to an aromatic ring is 1. The topological polar surface area (TPSA) is 43.8 Å². The molecule has 0 unspecified atom stereocenters. The van der Waals surface area contributed by atoms with Crippen molar-refractivity contribution in [2.24, 2.45) is 7.05 Å². The van der Waals surface area contributed by atoms with Gasteiger partial charge >= 0.3 is 0 Å². The third kappa shape index (κ3) is 1.56. The second-order valence-electron chi connectivity index (χ2n) is 3.93. The van der Waals surface area contributed by atoms with Crippen LogP contribution in [0.3, 0.4) is 0 Å². The molecule has 0 aliphatic rings. The molecule has 2 N–H and O–H groups in total. The van der Waals surface area contributed by atoms with Gasteiger partial charge in [0.2, 0.25) is 0 Å². The van der Waals surface area contributed by atoms with Crippen molar-refractivity contribution in [2.45, 2.75) is 13.8 Å². The molecule has 0 saturated heterocycles. The number of aromatic nitrogens is 2. The summed E-state index contributed by atoms with van der Waals surface area (Å²) in [6.07, 6.45) is 0. The van der Waals surface area contributed by atoms with Crippen LogP contribution in [0.1, 0.15) is 11.3 Å². The Morgan fingerprint density at radius 1 is 1.31 bits per heavy atom. The standard InChI is InChI=1S/C12H14FN3/c1-7-6-9(4-5-10(7)13)11-8(2)15-16(3)12(11)14/h4-6H,14H2,1-3H3. The number of hydrogen-bond donors (Lipinski definition) is 1. The van der Waals surface area contributed by atoms with Gasteiger partial charge in [0, 0.05) is 12.6 Å². The van der Waals surface area contributed by atoms with E-state index in [2.05, 4.69) is 5.10 Å². The highest BCUT2D eigenvalue weighted by Gasteiger charge is 2.13. The van der Waals surface area contributed by atoms with Crippen LogP contribution in [0.5, 0.6) is 0 Å². The van der Waals surface area contributed by atoms with Crippen LogP contribution in [-0.2, 0) is 7.05 Å². The van der Waals surface area contributed by atoms with Crippen LogP contribution in [0.2, 0.25) is 0 Å². The molecule has 0 radical (unpaired) electrons. The van der Waals surface area contributed by atoms with Gasteiger partial charge in [0.15, 0.2) is 0 Å². The Balaban J connectivity index is 2.63. The van der Waals surface area contributed by atoms with E-state index in [0.717, 1.165) is 16.8 Å². The zero-order valence-electron chi connectivity index (χ0n) is 9.58. The number of anilines is 1. The molecule has 4 heteroatoms. The molecule has 3 nitrogen and oxygen atoms in total. The summed E-state index contributed by atoms with van der Waals surface area (Å²) in [6, 6.07) is 4.97. The molecule has 0 fully saturated rings. The Kier molecular flexibility index (Phi) is 2.42. The van der Waals surface area contributed by atoms with Crippen molar-refractivity contribution >= 4 is 5.82 Å². The van der Waals surface area contributed by atoms with E-state index in [1.54, 1.807) is 30.8 Å². The van der Waals surface area contributed by atoms with Crippen LogP contribution in [0, 0.1) is 19.7 Å². The summed E-state index contributed by atoms with van der Waals surface area (Å²) in [5.41, 5.74) is 9.18. The van der Waals surface area contributed by atoms with E-state index in [1.807, 2.05) is 6.92 Å². The number of nitrogens with two attached hydrogens (primary N) is 1. The van der Waals surface area contributed by atoms with Crippen LogP contribution in [-0.4, -0.2) is 9.78 Å². The fourth-order valence-corrected chi connectivity index (χ4v) is 1.83. The third-order valence-electron chi connectivity index (χ3n) is 2.71. The summed E-state index contributed by atoms with van der Waals surface area (Å²) in [7, 11) is 1.79. The Bertz CT molecular complexity index is 543. The molecule has 0 aliphatic carbocycles. The Labute approximate surface area is 93.7 Å². The molecule has 1 heterocycles. The molecule has 0 amide bonds. The minimum absolute atomic E-state index is 0.205. The Morgan fingerprint density at radius 2 is 2.00 bits per heavy atom. The molecule has 0 atom stereocenters. The number of halogens is 1. The number of hydrogen-bond acceptors (Lipinski definition) is 2. The molecule has 84 valence electrons. The molecule has 1 aromatic carbocycles. The average molecular weight is 219 g/mol. The summed E-state index contributed by atoms with van der Waals surface area (Å²) >= 11 is 0. The number of aryl methyl sites for hydroxylation is 3. The van der Waals surface area contributed by atoms with Crippen molar-refractivity contribution in [1.82, 2.24) is 9.78 Å². The molecule has 0 saturated carbocycles. The van der Waals surface area contributed by atoms with Gasteiger partial charge in [0.05, 0.1) is 5.69 Å². The number of nitrogens with zero attached hydrogens (tertiary/aromatic N) is 2. The van der Waals surface area contributed by atoms with Crippen molar-refractivity contribution in [1.29, 1.82) is 0 Å². The molecule has 0 bridgehead atoms. The van der Waals surface area contributed by atoms with Gasteiger partial charge in [-0.3, -0.25) is 4.68 Å². The highest BCUT2D eigenvalue weighted by atomic mass is 19.1. The normalized spacial score (nSPS) is 10.8. The summed E-state index contributed by atoms with van der Waals surface area (Å²) < 4.78 is 14.8. The van der Waals surface area contributed by atoms with E-state index >= 15 is 0 Å². The molecular formula is C12H14FN3. The summed E-state index contributed by atoms with van der Waals surface area (Å²) in [6.45, 7) is 3.63. The zero-order chi connectivity index (χ0) is 11.9. The second kappa shape index (κ2) is 3.63. The predicted octanol–water partition coefficient (Wildman–Crippen LogP) is 2.43. The first-order valence-corrected chi connectivity index (χ1v) is 5.06. The number of rotatable bonds is 1. The first-order valence-electron chi connectivity index (χ1n) is 5.06. The maximum Gasteiger partial charge on any atom is 0.129 e. The Hall–Kier alpha value is -1.84. The van der Waals surface area contributed by atoms with Gasteiger partial charge in [0.1, 0.15) is 11.6 Å². The highest BCUT2D eigenvalue weighted by Crippen LogP contribution is 2.29. The molecule has 2 aromatic rings. The van der Waals surface area contributed by atoms with E-state index < -0.39 is 0 Å². The molecule has 0 spiro atoms. The fourth-order valence-electron chi connectivity index (χ4n) is 1.83. The fraction of sp³-hybridized carbons (Fsp3) is 0.250. The SMILES string of the molecule is Cc1cc(-c2c(C)nn(C)c2N)ccc1F. The lowest BCUT2D eigenvalue weighted by Crippen LogP contribution is -1.98. The van der Waals surface area contributed by atoms with E-state index in [1.165, 1.54) is 6.07 Å². The lowest BCUT2D eigenvalue weighted by molar-refractivity contribution is 0.619. The van der Waals surface area contributed by atoms with Crippen LogP contribution < -0.4 is 5.73 Å². The smallest absolute Gasteiger partial charge is 0.129 e. The lowest BCUT2D eigenvalue weighted by atomic mass is 10.0.